The van der Waals surface area contributed by atoms with Gasteiger partial charge in [-0.2, -0.15) is 5.26 Å². The van der Waals surface area contributed by atoms with Crippen molar-refractivity contribution in [3.8, 4) is 6.07 Å². The predicted octanol–water partition coefficient (Wildman–Crippen LogP) is 2.43. The molecule has 0 saturated heterocycles. The van der Waals surface area contributed by atoms with Crippen LogP contribution in [0.1, 0.15) is 32.3 Å². The summed E-state index contributed by atoms with van der Waals surface area (Å²) >= 11 is 0. The van der Waals surface area contributed by atoms with E-state index < -0.39 is 16.0 Å². The van der Waals surface area contributed by atoms with Gasteiger partial charge in [0.15, 0.2) is 0 Å². The lowest BCUT2D eigenvalue weighted by Crippen LogP contribution is -2.30. The van der Waals surface area contributed by atoms with E-state index in [1.807, 2.05) is 13.0 Å². The molecule has 0 aliphatic carbocycles. The standard InChI is InChI=1S/C14H18N2O2S/c1-3-4-8-19(18)11(2)14(17)16-13-7-5-6-12(9-13)10-15/h5-7,9,11H,3-4,8H2,1-2H3,(H,16,17). The highest BCUT2D eigenvalue weighted by Crippen LogP contribution is 2.11. The number of nitriles is 1. The molecule has 1 aromatic rings. The zero-order chi connectivity index (χ0) is 14.3. The first-order valence-electron chi connectivity index (χ1n) is 6.26. The summed E-state index contributed by atoms with van der Waals surface area (Å²) in [5.41, 5.74) is 1.04. The quantitative estimate of drug-likeness (QED) is 0.868. The zero-order valence-electron chi connectivity index (χ0n) is 11.2. The largest absolute Gasteiger partial charge is 0.325 e. The van der Waals surface area contributed by atoms with Crippen molar-refractivity contribution in [1.82, 2.24) is 0 Å². The van der Waals surface area contributed by atoms with E-state index in [1.54, 1.807) is 31.2 Å². The number of carbonyl (C=O) groups is 1. The molecule has 0 spiro atoms. The Morgan fingerprint density at radius 3 is 2.89 bits per heavy atom. The maximum absolute atomic E-state index is 11.9. The number of amides is 1. The van der Waals surface area contributed by atoms with Gasteiger partial charge in [0.1, 0.15) is 5.25 Å². The van der Waals surface area contributed by atoms with Gasteiger partial charge in [-0.15, -0.1) is 0 Å². The molecule has 0 heterocycles. The molecular formula is C14H18N2O2S. The molecule has 5 heteroatoms. The van der Waals surface area contributed by atoms with Crippen molar-refractivity contribution in [3.05, 3.63) is 29.8 Å². The molecule has 0 saturated carbocycles. The molecule has 0 fully saturated rings. The van der Waals surface area contributed by atoms with Crippen molar-refractivity contribution in [2.75, 3.05) is 11.1 Å². The van der Waals surface area contributed by atoms with E-state index >= 15 is 0 Å². The van der Waals surface area contributed by atoms with Gasteiger partial charge in [0.2, 0.25) is 5.91 Å². The molecule has 1 aromatic carbocycles. The smallest absolute Gasteiger partial charge is 0.239 e. The second-order valence-corrected chi connectivity index (χ2v) is 6.14. The fraction of sp³-hybridized carbons (Fsp3) is 0.429. The Hall–Kier alpha value is -1.67. The van der Waals surface area contributed by atoms with Crippen LogP contribution in [0, 0.1) is 11.3 Å². The summed E-state index contributed by atoms with van der Waals surface area (Å²) in [5, 5.41) is 10.9. The van der Waals surface area contributed by atoms with Crippen LogP contribution in [0.4, 0.5) is 5.69 Å². The molecule has 2 atom stereocenters. The van der Waals surface area contributed by atoms with Crippen LogP contribution >= 0.6 is 0 Å². The van der Waals surface area contributed by atoms with Gasteiger partial charge < -0.3 is 5.32 Å². The van der Waals surface area contributed by atoms with Gasteiger partial charge in [-0.3, -0.25) is 9.00 Å². The van der Waals surface area contributed by atoms with Crippen molar-refractivity contribution in [2.45, 2.75) is 31.9 Å². The third kappa shape index (κ3) is 4.84. The Morgan fingerprint density at radius 2 is 2.26 bits per heavy atom. The lowest BCUT2D eigenvalue weighted by atomic mass is 10.2. The van der Waals surface area contributed by atoms with Gasteiger partial charge in [-0.25, -0.2) is 0 Å². The molecule has 1 amide bonds. The second-order valence-electron chi connectivity index (χ2n) is 4.26. The van der Waals surface area contributed by atoms with E-state index in [9.17, 15) is 9.00 Å². The van der Waals surface area contributed by atoms with Crippen molar-refractivity contribution >= 4 is 22.4 Å². The number of rotatable bonds is 6. The summed E-state index contributed by atoms with van der Waals surface area (Å²) in [5.74, 6) is 0.271. The van der Waals surface area contributed by atoms with E-state index in [2.05, 4.69) is 5.32 Å². The normalized spacial score (nSPS) is 13.3. The zero-order valence-corrected chi connectivity index (χ0v) is 12.0. The van der Waals surface area contributed by atoms with Crippen LogP contribution in [0.2, 0.25) is 0 Å². The molecule has 0 aromatic heterocycles. The number of hydrogen-bond donors (Lipinski definition) is 1. The van der Waals surface area contributed by atoms with Gasteiger partial charge in [0.05, 0.1) is 11.6 Å². The van der Waals surface area contributed by atoms with Crippen LogP contribution in [0.15, 0.2) is 24.3 Å². The van der Waals surface area contributed by atoms with E-state index in [0.717, 1.165) is 12.8 Å². The summed E-state index contributed by atoms with van der Waals surface area (Å²) in [4.78, 5) is 11.9. The Kier molecular flexibility index (Phi) is 6.23. The van der Waals surface area contributed by atoms with Crippen molar-refractivity contribution < 1.29 is 9.00 Å². The van der Waals surface area contributed by atoms with Crippen molar-refractivity contribution in [3.63, 3.8) is 0 Å². The fourth-order valence-electron chi connectivity index (χ4n) is 1.49. The first-order chi connectivity index (χ1) is 9.08. The fourth-order valence-corrected chi connectivity index (χ4v) is 2.72. The molecule has 1 N–H and O–H groups in total. The Labute approximate surface area is 116 Å². The minimum absolute atomic E-state index is 0.274. The predicted molar refractivity (Wildman–Crippen MR) is 77.2 cm³/mol. The molecule has 0 aliphatic heterocycles. The van der Waals surface area contributed by atoms with Crippen LogP contribution in [0.5, 0.6) is 0 Å². The third-order valence-corrected chi connectivity index (χ3v) is 4.42. The van der Waals surface area contributed by atoms with Gasteiger partial charge in [0.25, 0.3) is 0 Å². The Balaban J connectivity index is 2.63. The van der Waals surface area contributed by atoms with Crippen LogP contribution in [-0.4, -0.2) is 21.1 Å². The average Bonchev–Trinajstić information content (AvgIpc) is 2.43. The highest BCUT2D eigenvalue weighted by molar-refractivity contribution is 7.86. The van der Waals surface area contributed by atoms with Gasteiger partial charge in [0, 0.05) is 22.2 Å². The third-order valence-electron chi connectivity index (χ3n) is 2.72. The maximum atomic E-state index is 11.9. The first-order valence-corrected chi connectivity index (χ1v) is 7.65. The number of nitrogens with zero attached hydrogens (tertiary/aromatic N) is 1. The minimum Gasteiger partial charge on any atom is -0.325 e. The minimum atomic E-state index is -1.15. The first kappa shape index (κ1) is 15.4. The van der Waals surface area contributed by atoms with Gasteiger partial charge in [-0.05, 0) is 31.5 Å². The molecule has 2 unspecified atom stereocenters. The molecule has 0 radical (unpaired) electrons. The molecule has 1 rings (SSSR count). The van der Waals surface area contributed by atoms with Crippen LogP contribution in [0.25, 0.3) is 0 Å². The van der Waals surface area contributed by atoms with Crippen LogP contribution in [-0.2, 0) is 15.6 Å². The Morgan fingerprint density at radius 1 is 1.53 bits per heavy atom. The summed E-state index contributed by atoms with van der Waals surface area (Å²) in [6.45, 7) is 3.69. The number of unbranched alkanes of at least 4 members (excludes halogenated alkanes) is 1. The molecule has 19 heavy (non-hydrogen) atoms. The van der Waals surface area contributed by atoms with E-state index in [-0.39, 0.29) is 5.91 Å². The number of benzene rings is 1. The van der Waals surface area contributed by atoms with E-state index in [4.69, 9.17) is 5.26 Å². The lowest BCUT2D eigenvalue weighted by molar-refractivity contribution is -0.115. The lowest BCUT2D eigenvalue weighted by Gasteiger charge is -2.12. The van der Waals surface area contributed by atoms with Crippen LogP contribution < -0.4 is 5.32 Å². The molecule has 0 aliphatic rings. The number of hydrogen-bond acceptors (Lipinski definition) is 3. The number of anilines is 1. The molecular weight excluding hydrogens is 260 g/mol. The topological polar surface area (TPSA) is 70.0 Å². The Bertz CT molecular complexity index is 508. The maximum Gasteiger partial charge on any atom is 0.239 e. The number of carbonyl (C=O) groups excluding carboxylic acids is 1. The average molecular weight is 278 g/mol. The number of nitrogens with one attached hydrogen (secondary N) is 1. The summed E-state index contributed by atoms with van der Waals surface area (Å²) in [7, 11) is -1.15. The van der Waals surface area contributed by atoms with Crippen LogP contribution in [0.3, 0.4) is 0 Å². The van der Waals surface area contributed by atoms with Crippen molar-refractivity contribution in [2.24, 2.45) is 0 Å². The molecule has 0 bridgehead atoms. The highest BCUT2D eigenvalue weighted by atomic mass is 32.2. The van der Waals surface area contributed by atoms with Gasteiger partial charge >= 0.3 is 0 Å². The van der Waals surface area contributed by atoms with Crippen molar-refractivity contribution in [1.29, 1.82) is 5.26 Å². The monoisotopic (exact) mass is 278 g/mol. The highest BCUT2D eigenvalue weighted by Gasteiger charge is 2.19. The van der Waals surface area contributed by atoms with E-state index in [0.29, 0.717) is 17.0 Å². The summed E-state index contributed by atoms with van der Waals surface area (Å²) < 4.78 is 11.9. The molecule has 102 valence electrons. The molecule has 4 nitrogen and oxygen atoms in total. The van der Waals surface area contributed by atoms with E-state index in [1.165, 1.54) is 0 Å². The SMILES string of the molecule is CCCCS(=O)C(C)C(=O)Nc1cccc(C#N)c1. The van der Waals surface area contributed by atoms with Gasteiger partial charge in [-0.1, -0.05) is 19.4 Å². The summed E-state index contributed by atoms with van der Waals surface area (Å²) in [6.07, 6.45) is 1.82. The summed E-state index contributed by atoms with van der Waals surface area (Å²) in [6, 6.07) is 8.68. The second kappa shape index (κ2) is 7.70.